The maximum Gasteiger partial charge on any atom is 0.237 e. The molecule has 0 aliphatic carbocycles. The molecule has 2 aromatic rings. The second-order valence-corrected chi connectivity index (χ2v) is 6.68. The van der Waals surface area contributed by atoms with Crippen LogP contribution in [0.5, 0.6) is 0 Å². The van der Waals surface area contributed by atoms with Crippen LogP contribution in [0.2, 0.25) is 10.0 Å². The van der Waals surface area contributed by atoms with Gasteiger partial charge in [0.2, 0.25) is 5.91 Å². The number of rotatable bonds is 4. The number of hydrogen-bond acceptors (Lipinski definition) is 4. The fourth-order valence-electron chi connectivity index (χ4n) is 1.57. The van der Waals surface area contributed by atoms with Crippen LogP contribution in [0.3, 0.4) is 0 Å². The van der Waals surface area contributed by atoms with Crippen molar-refractivity contribution in [3.05, 3.63) is 34.1 Å². The predicted molar refractivity (Wildman–Crippen MR) is 86.2 cm³/mol. The molecule has 1 heterocycles. The number of nitrogens with zero attached hydrogens (tertiary/aromatic N) is 3. The molecule has 0 saturated carbocycles. The van der Waals surface area contributed by atoms with Crippen molar-refractivity contribution in [2.45, 2.75) is 24.3 Å². The van der Waals surface area contributed by atoms with E-state index in [1.54, 1.807) is 25.1 Å². The van der Waals surface area contributed by atoms with Gasteiger partial charge in [0.15, 0.2) is 5.16 Å². The van der Waals surface area contributed by atoms with E-state index < -0.39 is 0 Å². The highest BCUT2D eigenvalue weighted by molar-refractivity contribution is 8.00. The molecule has 0 saturated heterocycles. The lowest BCUT2D eigenvalue weighted by Crippen LogP contribution is -2.22. The van der Waals surface area contributed by atoms with Crippen LogP contribution in [-0.4, -0.2) is 25.9 Å². The number of thioether (sulfide) groups is 1. The molecule has 112 valence electrons. The maximum absolute atomic E-state index is 12.2. The van der Waals surface area contributed by atoms with Crippen molar-refractivity contribution in [2.75, 3.05) is 5.32 Å². The third-order valence-electron chi connectivity index (χ3n) is 2.83. The van der Waals surface area contributed by atoms with E-state index in [0.717, 1.165) is 5.82 Å². The summed E-state index contributed by atoms with van der Waals surface area (Å²) in [6.07, 6.45) is 0. The summed E-state index contributed by atoms with van der Waals surface area (Å²) in [5.41, 5.74) is 0.569. The van der Waals surface area contributed by atoms with Crippen molar-refractivity contribution in [1.29, 1.82) is 0 Å². The zero-order chi connectivity index (χ0) is 15.6. The van der Waals surface area contributed by atoms with Crippen molar-refractivity contribution in [2.24, 2.45) is 7.05 Å². The normalized spacial score (nSPS) is 12.2. The number of aryl methyl sites for hydroxylation is 1. The maximum atomic E-state index is 12.2. The zero-order valence-electron chi connectivity index (χ0n) is 11.7. The topological polar surface area (TPSA) is 59.8 Å². The fourth-order valence-corrected chi connectivity index (χ4v) is 2.96. The minimum atomic E-state index is -0.329. The van der Waals surface area contributed by atoms with E-state index in [-0.39, 0.29) is 11.2 Å². The summed E-state index contributed by atoms with van der Waals surface area (Å²) in [4.78, 5) is 12.2. The summed E-state index contributed by atoms with van der Waals surface area (Å²) in [5.74, 6) is 0.644. The third kappa shape index (κ3) is 4.12. The first-order valence-electron chi connectivity index (χ1n) is 6.16. The number of hydrogen-bond donors (Lipinski definition) is 1. The summed E-state index contributed by atoms with van der Waals surface area (Å²) in [5, 5.41) is 12.1. The molecular weight excluding hydrogens is 331 g/mol. The van der Waals surface area contributed by atoms with Gasteiger partial charge in [-0.3, -0.25) is 4.79 Å². The van der Waals surface area contributed by atoms with Crippen molar-refractivity contribution in [3.8, 4) is 0 Å². The van der Waals surface area contributed by atoms with Crippen molar-refractivity contribution in [3.63, 3.8) is 0 Å². The molecule has 1 aromatic carbocycles. The van der Waals surface area contributed by atoms with Crippen LogP contribution in [0.25, 0.3) is 0 Å². The quantitative estimate of drug-likeness (QED) is 0.861. The molecule has 1 amide bonds. The Balaban J connectivity index is 2.04. The van der Waals surface area contributed by atoms with Gasteiger partial charge in [-0.2, -0.15) is 0 Å². The number of carbonyl (C=O) groups is 1. The Hall–Kier alpha value is -1.24. The largest absolute Gasteiger partial charge is 0.325 e. The Labute approximate surface area is 137 Å². The van der Waals surface area contributed by atoms with Gasteiger partial charge in [-0.15, -0.1) is 10.2 Å². The lowest BCUT2D eigenvalue weighted by Gasteiger charge is -2.12. The molecule has 0 spiro atoms. The first-order chi connectivity index (χ1) is 9.86. The highest BCUT2D eigenvalue weighted by Crippen LogP contribution is 2.25. The summed E-state index contributed by atoms with van der Waals surface area (Å²) in [6.45, 7) is 3.66. The molecule has 0 bridgehead atoms. The van der Waals surface area contributed by atoms with Gasteiger partial charge >= 0.3 is 0 Å². The third-order valence-corrected chi connectivity index (χ3v) is 4.40. The molecule has 1 N–H and O–H groups in total. The number of amides is 1. The fraction of sp³-hybridized carbons (Fsp3) is 0.308. The van der Waals surface area contributed by atoms with Crippen LogP contribution in [0, 0.1) is 6.92 Å². The molecule has 5 nitrogen and oxygen atoms in total. The van der Waals surface area contributed by atoms with Crippen LogP contribution in [0.15, 0.2) is 23.4 Å². The van der Waals surface area contributed by atoms with Crippen LogP contribution < -0.4 is 5.32 Å². The molecule has 8 heteroatoms. The average Bonchev–Trinajstić information content (AvgIpc) is 2.69. The van der Waals surface area contributed by atoms with Crippen LogP contribution in [0.1, 0.15) is 12.7 Å². The Morgan fingerprint density at radius 3 is 2.43 bits per heavy atom. The Morgan fingerprint density at radius 2 is 1.90 bits per heavy atom. The summed E-state index contributed by atoms with van der Waals surface area (Å²) < 4.78 is 1.84. The van der Waals surface area contributed by atoms with Crippen molar-refractivity contribution >= 4 is 46.6 Å². The van der Waals surface area contributed by atoms with Gasteiger partial charge in [-0.05, 0) is 32.0 Å². The molecular formula is C13H14Cl2N4OS. The standard InChI is InChI=1S/C13H14Cl2N4OS/c1-7(21-13-18-17-8(2)19(13)3)12(20)16-11-5-9(14)4-10(15)6-11/h4-7H,1-3H3,(H,16,20)/t7-/m1/s1. The number of aromatic nitrogens is 3. The second kappa shape index (κ2) is 6.68. The van der Waals surface area contributed by atoms with E-state index in [0.29, 0.717) is 20.9 Å². The van der Waals surface area contributed by atoms with Gasteiger partial charge in [0.05, 0.1) is 5.25 Å². The lowest BCUT2D eigenvalue weighted by molar-refractivity contribution is -0.115. The van der Waals surface area contributed by atoms with Gasteiger partial charge in [-0.25, -0.2) is 0 Å². The molecule has 0 unspecified atom stereocenters. The van der Waals surface area contributed by atoms with Crippen molar-refractivity contribution in [1.82, 2.24) is 14.8 Å². The molecule has 1 atom stereocenters. The number of anilines is 1. The Kier molecular flexibility index (Phi) is 5.13. The van der Waals surface area contributed by atoms with E-state index >= 15 is 0 Å². The molecule has 0 aliphatic rings. The first kappa shape index (κ1) is 16.1. The van der Waals surface area contributed by atoms with Crippen LogP contribution >= 0.6 is 35.0 Å². The van der Waals surface area contributed by atoms with Gasteiger partial charge in [0, 0.05) is 22.8 Å². The van der Waals surface area contributed by atoms with Crippen molar-refractivity contribution < 1.29 is 4.79 Å². The van der Waals surface area contributed by atoms with E-state index in [2.05, 4.69) is 15.5 Å². The molecule has 2 rings (SSSR count). The van der Waals surface area contributed by atoms with E-state index in [4.69, 9.17) is 23.2 Å². The molecule has 1 aromatic heterocycles. The average molecular weight is 345 g/mol. The lowest BCUT2D eigenvalue weighted by atomic mass is 10.3. The molecule has 0 aliphatic heterocycles. The van der Waals surface area contributed by atoms with E-state index in [9.17, 15) is 4.79 Å². The van der Waals surface area contributed by atoms with Gasteiger partial charge in [0.1, 0.15) is 5.82 Å². The number of benzene rings is 1. The molecule has 0 fully saturated rings. The summed E-state index contributed by atoms with van der Waals surface area (Å²) >= 11 is 13.1. The van der Waals surface area contributed by atoms with Gasteiger partial charge in [0.25, 0.3) is 0 Å². The van der Waals surface area contributed by atoms with E-state index in [1.807, 2.05) is 18.5 Å². The SMILES string of the molecule is Cc1nnc(S[C@H](C)C(=O)Nc2cc(Cl)cc(Cl)c2)n1C. The van der Waals surface area contributed by atoms with Gasteiger partial charge in [-0.1, -0.05) is 35.0 Å². The van der Waals surface area contributed by atoms with Crippen LogP contribution in [0.4, 0.5) is 5.69 Å². The summed E-state index contributed by atoms with van der Waals surface area (Å²) in [7, 11) is 1.86. The molecule has 21 heavy (non-hydrogen) atoms. The van der Waals surface area contributed by atoms with E-state index in [1.165, 1.54) is 11.8 Å². The first-order valence-corrected chi connectivity index (χ1v) is 7.80. The number of nitrogens with one attached hydrogen (secondary N) is 1. The zero-order valence-corrected chi connectivity index (χ0v) is 14.1. The minimum Gasteiger partial charge on any atom is -0.325 e. The number of carbonyl (C=O) groups excluding carboxylic acids is 1. The Bertz CT molecular complexity index is 654. The Morgan fingerprint density at radius 1 is 1.29 bits per heavy atom. The predicted octanol–water partition coefficient (Wildman–Crippen LogP) is 3.55. The number of halogens is 2. The smallest absolute Gasteiger partial charge is 0.237 e. The highest BCUT2D eigenvalue weighted by Gasteiger charge is 2.18. The minimum absolute atomic E-state index is 0.154. The van der Waals surface area contributed by atoms with Crippen LogP contribution in [-0.2, 0) is 11.8 Å². The van der Waals surface area contributed by atoms with Gasteiger partial charge < -0.3 is 9.88 Å². The highest BCUT2D eigenvalue weighted by atomic mass is 35.5. The second-order valence-electron chi connectivity index (χ2n) is 4.50. The monoisotopic (exact) mass is 344 g/mol. The summed E-state index contributed by atoms with van der Waals surface area (Å²) in [6, 6.07) is 4.91. The molecule has 0 radical (unpaired) electrons.